The molecule has 1 fully saturated rings. The molecule has 6 heteroatoms. The summed E-state index contributed by atoms with van der Waals surface area (Å²) in [4.78, 5) is 12.6. The Morgan fingerprint density at radius 1 is 0.731 bits per heavy atom. The molecule has 1 spiro atoms. The first-order chi connectivity index (χ1) is 12.5. The fourth-order valence-corrected chi connectivity index (χ4v) is 7.88. The first-order valence-electron chi connectivity index (χ1n) is 7.92. The van der Waals surface area contributed by atoms with Crippen molar-refractivity contribution in [1.82, 2.24) is 0 Å². The smallest absolute Gasteiger partial charge is 0.206 e. The van der Waals surface area contributed by atoms with Gasteiger partial charge in [-0.3, -0.25) is 4.79 Å². The zero-order valence-electron chi connectivity index (χ0n) is 13.3. The lowest BCUT2D eigenvalue weighted by Crippen LogP contribution is -2.56. The molecular formula is C20H12I4O2. The summed E-state index contributed by atoms with van der Waals surface area (Å²) in [5.41, 5.74) is 1.84. The van der Waals surface area contributed by atoms with E-state index in [0.29, 0.717) is 0 Å². The van der Waals surface area contributed by atoms with E-state index < -0.39 is 5.60 Å². The summed E-state index contributed by atoms with van der Waals surface area (Å²) in [5.74, 6) is 0.233. The number of ketones is 1. The van der Waals surface area contributed by atoms with Gasteiger partial charge in [-0.25, -0.2) is 0 Å². The van der Waals surface area contributed by atoms with Gasteiger partial charge in [-0.05, 0) is 101 Å². The predicted octanol–water partition coefficient (Wildman–Crippen LogP) is 7.03. The number of halogens is 4. The Hall–Kier alpha value is 0.470. The summed E-state index contributed by atoms with van der Waals surface area (Å²) in [7, 11) is 0. The summed E-state index contributed by atoms with van der Waals surface area (Å²) in [5, 5.41) is 0. The van der Waals surface area contributed by atoms with Crippen LogP contribution in [0.1, 0.15) is 23.1 Å². The molecular weight excluding hydrogens is 780 g/mol. The maximum Gasteiger partial charge on any atom is 0.206 e. The number of hydrogen-bond acceptors (Lipinski definition) is 2. The minimum Gasteiger partial charge on any atom is -0.355 e. The molecule has 1 heterocycles. The summed E-state index contributed by atoms with van der Waals surface area (Å²) in [6.45, 7) is 0. The molecule has 0 amide bonds. The monoisotopic (exact) mass is 792 g/mol. The van der Waals surface area contributed by atoms with Crippen LogP contribution in [-0.4, -0.2) is 11.4 Å². The molecule has 0 aromatic heterocycles. The normalized spacial score (nSPS) is 24.8. The molecule has 2 nitrogen and oxygen atoms in total. The molecule has 2 aromatic rings. The number of Topliss-reactive ketones (excluding diaryl/α,β-unsaturated/α-hetero) is 1. The molecule has 0 bridgehead atoms. The van der Waals surface area contributed by atoms with E-state index in [1.54, 1.807) is 0 Å². The van der Waals surface area contributed by atoms with Crippen molar-refractivity contribution in [2.24, 2.45) is 0 Å². The molecule has 1 aliphatic carbocycles. The van der Waals surface area contributed by atoms with Crippen molar-refractivity contribution < 1.29 is 9.53 Å². The maximum atomic E-state index is 12.6. The van der Waals surface area contributed by atoms with Crippen molar-refractivity contribution in [3.63, 3.8) is 0 Å². The Morgan fingerprint density at radius 2 is 1.19 bits per heavy atom. The van der Waals surface area contributed by atoms with Crippen LogP contribution in [0.25, 0.3) is 0 Å². The van der Waals surface area contributed by atoms with E-state index in [9.17, 15) is 4.79 Å². The van der Waals surface area contributed by atoms with Crippen LogP contribution in [0.2, 0.25) is 0 Å². The van der Waals surface area contributed by atoms with E-state index in [1.807, 2.05) is 24.3 Å². The third-order valence-corrected chi connectivity index (χ3v) is 11.6. The standard InChI is InChI=1S/C20H12I4O2/c21-14-16(25)15(22)19(24)20(18(14)23)13(11-7-3-1-4-8-11)17(26-20)12-9-5-2-6-10-12/h1-10,13,17H/t13-,17-/m1/s1. The zero-order chi connectivity index (χ0) is 18.5. The van der Waals surface area contributed by atoms with Gasteiger partial charge >= 0.3 is 0 Å². The summed E-state index contributed by atoms with van der Waals surface area (Å²) in [6.07, 6.45) is -0.0327. The molecule has 2 aromatic carbocycles. The third-order valence-electron chi connectivity index (χ3n) is 4.78. The Labute approximate surface area is 206 Å². The Bertz CT molecular complexity index is 907. The molecule has 26 heavy (non-hydrogen) atoms. The SMILES string of the molecule is O=C1C(I)=C(I)C2(O[C@H](c3ccccc3)[C@H]2c2ccccc2)C(I)=C1I. The number of carbonyl (C=O) groups excluding carboxylic acids is 1. The first-order valence-corrected chi connectivity index (χ1v) is 12.2. The van der Waals surface area contributed by atoms with Gasteiger partial charge in [-0.1, -0.05) is 60.7 Å². The first kappa shape index (κ1) is 19.8. The molecule has 2 atom stereocenters. The van der Waals surface area contributed by atoms with Gasteiger partial charge in [0.15, 0.2) is 0 Å². The highest BCUT2D eigenvalue weighted by Crippen LogP contribution is 2.66. The second-order valence-electron chi connectivity index (χ2n) is 6.16. The van der Waals surface area contributed by atoms with Crippen molar-refractivity contribution in [3.05, 3.63) is 86.1 Å². The highest BCUT2D eigenvalue weighted by molar-refractivity contribution is 14.1. The molecule has 132 valence electrons. The molecule has 0 N–H and O–H groups in total. The van der Waals surface area contributed by atoms with Gasteiger partial charge in [0.05, 0.1) is 19.2 Å². The van der Waals surface area contributed by atoms with Crippen molar-refractivity contribution in [1.29, 1.82) is 0 Å². The number of benzene rings is 2. The van der Waals surface area contributed by atoms with Crippen molar-refractivity contribution in [3.8, 4) is 0 Å². The van der Waals surface area contributed by atoms with Gasteiger partial charge in [0.1, 0.15) is 5.60 Å². The van der Waals surface area contributed by atoms with Crippen LogP contribution in [0.5, 0.6) is 0 Å². The zero-order valence-corrected chi connectivity index (χ0v) is 21.9. The lowest BCUT2D eigenvalue weighted by Gasteiger charge is -2.56. The fourth-order valence-electron chi connectivity index (χ4n) is 3.55. The van der Waals surface area contributed by atoms with Crippen LogP contribution in [0.4, 0.5) is 0 Å². The molecule has 0 radical (unpaired) electrons. The largest absolute Gasteiger partial charge is 0.355 e. The second kappa shape index (κ2) is 7.71. The van der Waals surface area contributed by atoms with Crippen LogP contribution in [-0.2, 0) is 9.53 Å². The molecule has 0 unspecified atom stereocenters. The molecule has 1 aliphatic heterocycles. The number of ether oxygens (including phenoxy) is 1. The highest BCUT2D eigenvalue weighted by atomic mass is 127. The summed E-state index contributed by atoms with van der Waals surface area (Å²) in [6, 6.07) is 20.8. The van der Waals surface area contributed by atoms with Crippen LogP contribution >= 0.6 is 90.4 Å². The van der Waals surface area contributed by atoms with E-state index in [4.69, 9.17) is 4.74 Å². The second-order valence-corrected chi connectivity index (χ2v) is 10.5. The lowest BCUT2D eigenvalue weighted by molar-refractivity contribution is -0.180. The van der Waals surface area contributed by atoms with E-state index in [0.717, 1.165) is 14.3 Å². The third kappa shape index (κ3) is 2.96. The van der Waals surface area contributed by atoms with Gasteiger partial charge in [0.2, 0.25) is 5.78 Å². The maximum absolute atomic E-state index is 12.6. The number of allylic oxidation sites excluding steroid dienone is 2. The van der Waals surface area contributed by atoms with E-state index >= 15 is 0 Å². The van der Waals surface area contributed by atoms with Gasteiger partial charge in [0, 0.05) is 7.16 Å². The van der Waals surface area contributed by atoms with Gasteiger partial charge in [0.25, 0.3) is 0 Å². The van der Waals surface area contributed by atoms with E-state index in [2.05, 4.69) is 127 Å². The van der Waals surface area contributed by atoms with Crippen LogP contribution in [0.3, 0.4) is 0 Å². The minimum atomic E-state index is -0.566. The fraction of sp³-hybridized carbons (Fsp3) is 0.150. The number of carbonyl (C=O) groups is 1. The van der Waals surface area contributed by atoms with Crippen molar-refractivity contribution in [2.75, 3.05) is 0 Å². The molecule has 2 aliphatic rings. The number of rotatable bonds is 2. The quantitative estimate of drug-likeness (QED) is 0.306. The average molecular weight is 792 g/mol. The Balaban J connectivity index is 1.91. The molecule has 4 rings (SSSR count). The highest BCUT2D eigenvalue weighted by Gasteiger charge is 2.63. The summed E-state index contributed by atoms with van der Waals surface area (Å²) < 4.78 is 10.2. The lowest BCUT2D eigenvalue weighted by atomic mass is 9.69. The Morgan fingerprint density at radius 3 is 1.69 bits per heavy atom. The number of hydrogen-bond donors (Lipinski definition) is 0. The predicted molar refractivity (Wildman–Crippen MR) is 137 cm³/mol. The van der Waals surface area contributed by atoms with Gasteiger partial charge < -0.3 is 4.74 Å². The molecule has 0 saturated carbocycles. The van der Waals surface area contributed by atoms with Crippen molar-refractivity contribution >= 4 is 96.1 Å². The minimum absolute atomic E-state index is 0.0327. The Kier molecular flexibility index (Phi) is 5.86. The van der Waals surface area contributed by atoms with Gasteiger partial charge in [-0.2, -0.15) is 0 Å². The van der Waals surface area contributed by atoms with E-state index in [1.165, 1.54) is 11.1 Å². The van der Waals surface area contributed by atoms with Crippen molar-refractivity contribution in [2.45, 2.75) is 17.6 Å². The summed E-state index contributed by atoms with van der Waals surface area (Å²) >= 11 is 8.95. The average Bonchev–Trinajstić information content (AvgIpc) is 2.66. The van der Waals surface area contributed by atoms with Crippen LogP contribution in [0.15, 0.2) is 75.0 Å². The van der Waals surface area contributed by atoms with Crippen LogP contribution in [0, 0.1) is 0 Å². The van der Waals surface area contributed by atoms with E-state index in [-0.39, 0.29) is 17.8 Å². The molecule has 1 saturated heterocycles. The van der Waals surface area contributed by atoms with Crippen LogP contribution < -0.4 is 0 Å². The topological polar surface area (TPSA) is 26.3 Å². The van der Waals surface area contributed by atoms with Gasteiger partial charge in [-0.15, -0.1) is 0 Å².